The summed E-state index contributed by atoms with van der Waals surface area (Å²) in [6, 6.07) is 19.5. The Morgan fingerprint density at radius 1 is 0.864 bits per heavy atom. The van der Waals surface area contributed by atoms with Gasteiger partial charge in [0.15, 0.2) is 11.7 Å². The van der Waals surface area contributed by atoms with Crippen LogP contribution in [0, 0.1) is 0 Å². The Kier molecular flexibility index (Phi) is 2.79. The SMILES string of the molecule is NC1=NC(c2ccccc2)=NC12COC(c1ccccc1)=N2. The van der Waals surface area contributed by atoms with E-state index in [4.69, 9.17) is 10.5 Å². The van der Waals surface area contributed by atoms with Crippen molar-refractivity contribution in [2.45, 2.75) is 5.66 Å². The molecule has 1 atom stereocenters. The van der Waals surface area contributed by atoms with Crippen LogP contribution in [0.15, 0.2) is 75.6 Å². The highest BCUT2D eigenvalue weighted by atomic mass is 16.5. The standard InChI is InChI=1S/C17H14N4O/c18-16-17(20-14(19-16)12-7-3-1-4-8-12)11-22-15(21-17)13-9-5-2-6-10-13/h1-10H,11H2,(H2,18,19,20). The van der Waals surface area contributed by atoms with Gasteiger partial charge in [-0.15, -0.1) is 0 Å². The molecule has 0 radical (unpaired) electrons. The summed E-state index contributed by atoms with van der Waals surface area (Å²) in [6.07, 6.45) is 0. The minimum Gasteiger partial charge on any atom is -0.472 e. The third-order valence-corrected chi connectivity index (χ3v) is 3.68. The number of nitrogens with zero attached hydrogens (tertiary/aromatic N) is 3. The van der Waals surface area contributed by atoms with Crippen molar-refractivity contribution < 1.29 is 4.74 Å². The van der Waals surface area contributed by atoms with Gasteiger partial charge in [0.05, 0.1) is 0 Å². The van der Waals surface area contributed by atoms with Crippen molar-refractivity contribution in [2.24, 2.45) is 20.7 Å². The minimum absolute atomic E-state index is 0.281. The number of hydrogen-bond acceptors (Lipinski definition) is 5. The third-order valence-electron chi connectivity index (χ3n) is 3.68. The van der Waals surface area contributed by atoms with Crippen molar-refractivity contribution in [3.8, 4) is 0 Å². The van der Waals surface area contributed by atoms with Crippen LogP contribution in [0.3, 0.4) is 0 Å². The molecule has 0 aliphatic carbocycles. The van der Waals surface area contributed by atoms with E-state index < -0.39 is 5.66 Å². The maximum atomic E-state index is 6.09. The smallest absolute Gasteiger partial charge is 0.246 e. The van der Waals surface area contributed by atoms with Crippen molar-refractivity contribution in [1.29, 1.82) is 0 Å². The van der Waals surface area contributed by atoms with E-state index in [0.29, 0.717) is 17.6 Å². The predicted molar refractivity (Wildman–Crippen MR) is 86.3 cm³/mol. The number of amidine groups is 2. The van der Waals surface area contributed by atoms with E-state index >= 15 is 0 Å². The van der Waals surface area contributed by atoms with E-state index in [1.807, 2.05) is 60.7 Å². The first-order chi connectivity index (χ1) is 10.8. The van der Waals surface area contributed by atoms with Gasteiger partial charge >= 0.3 is 0 Å². The largest absolute Gasteiger partial charge is 0.472 e. The summed E-state index contributed by atoms with van der Waals surface area (Å²) in [5.74, 6) is 1.52. The van der Waals surface area contributed by atoms with Gasteiger partial charge in [0, 0.05) is 11.1 Å². The Hall–Kier alpha value is -2.95. The van der Waals surface area contributed by atoms with Crippen LogP contribution in [0.25, 0.3) is 0 Å². The van der Waals surface area contributed by atoms with E-state index in [2.05, 4.69) is 15.0 Å². The van der Waals surface area contributed by atoms with Gasteiger partial charge in [0.25, 0.3) is 0 Å². The highest BCUT2D eigenvalue weighted by molar-refractivity contribution is 6.15. The van der Waals surface area contributed by atoms with Gasteiger partial charge in [0.2, 0.25) is 11.6 Å². The van der Waals surface area contributed by atoms with Crippen molar-refractivity contribution in [3.05, 3.63) is 71.8 Å². The number of nitrogens with two attached hydrogens (primary N) is 1. The summed E-state index contributed by atoms with van der Waals surface area (Å²) in [7, 11) is 0. The first-order valence-corrected chi connectivity index (χ1v) is 7.05. The molecular formula is C17H14N4O. The molecule has 0 fully saturated rings. The van der Waals surface area contributed by atoms with E-state index in [9.17, 15) is 0 Å². The van der Waals surface area contributed by atoms with Crippen LogP contribution in [0.4, 0.5) is 0 Å². The van der Waals surface area contributed by atoms with Crippen LogP contribution in [0.1, 0.15) is 11.1 Å². The number of aliphatic imine (C=N–C) groups is 3. The fourth-order valence-corrected chi connectivity index (χ4v) is 2.50. The van der Waals surface area contributed by atoms with Crippen molar-refractivity contribution >= 4 is 17.6 Å². The van der Waals surface area contributed by atoms with Crippen LogP contribution in [0.5, 0.6) is 0 Å². The Bertz CT molecular complexity index is 796. The normalized spacial score (nSPS) is 23.0. The third kappa shape index (κ3) is 1.98. The zero-order valence-electron chi connectivity index (χ0n) is 11.8. The summed E-state index contributed by atoms with van der Waals surface area (Å²) >= 11 is 0. The Morgan fingerprint density at radius 2 is 1.50 bits per heavy atom. The van der Waals surface area contributed by atoms with E-state index in [0.717, 1.165) is 11.1 Å². The number of ether oxygens (including phenoxy) is 1. The summed E-state index contributed by atoms with van der Waals surface area (Å²) in [4.78, 5) is 13.6. The molecule has 2 aliphatic heterocycles. The average Bonchev–Trinajstić information content (AvgIpc) is 3.15. The van der Waals surface area contributed by atoms with Gasteiger partial charge in [0.1, 0.15) is 6.61 Å². The van der Waals surface area contributed by atoms with Gasteiger partial charge in [-0.05, 0) is 12.1 Å². The molecule has 4 rings (SSSR count). The fraction of sp³-hybridized carbons (Fsp3) is 0.118. The molecule has 5 heteroatoms. The molecule has 2 aromatic rings. The molecule has 0 saturated carbocycles. The predicted octanol–water partition coefficient (Wildman–Crippen LogP) is 1.98. The van der Waals surface area contributed by atoms with Gasteiger partial charge < -0.3 is 10.5 Å². The molecule has 22 heavy (non-hydrogen) atoms. The topological polar surface area (TPSA) is 72.3 Å². The van der Waals surface area contributed by atoms with E-state index in [-0.39, 0.29) is 6.61 Å². The van der Waals surface area contributed by atoms with Crippen LogP contribution >= 0.6 is 0 Å². The molecule has 0 amide bonds. The number of rotatable bonds is 2. The van der Waals surface area contributed by atoms with Gasteiger partial charge in [-0.1, -0.05) is 48.5 Å². The average molecular weight is 290 g/mol. The second kappa shape index (κ2) is 4.80. The number of hydrogen-bond donors (Lipinski definition) is 1. The van der Waals surface area contributed by atoms with Gasteiger partial charge in [-0.25, -0.2) is 15.0 Å². The van der Waals surface area contributed by atoms with Crippen LogP contribution in [-0.4, -0.2) is 29.8 Å². The Morgan fingerprint density at radius 3 is 2.18 bits per heavy atom. The van der Waals surface area contributed by atoms with Gasteiger partial charge in [-0.3, -0.25) is 0 Å². The second-order valence-corrected chi connectivity index (χ2v) is 5.19. The zero-order chi connectivity index (χ0) is 15.0. The van der Waals surface area contributed by atoms with Crippen molar-refractivity contribution in [1.82, 2.24) is 0 Å². The molecular weight excluding hydrogens is 276 g/mol. The summed E-state index contributed by atoms with van der Waals surface area (Å²) < 4.78 is 5.71. The quantitative estimate of drug-likeness (QED) is 0.918. The molecule has 5 nitrogen and oxygen atoms in total. The van der Waals surface area contributed by atoms with Gasteiger partial charge in [-0.2, -0.15) is 0 Å². The highest BCUT2D eigenvalue weighted by Gasteiger charge is 2.44. The lowest BCUT2D eigenvalue weighted by Gasteiger charge is -2.12. The molecule has 1 unspecified atom stereocenters. The summed E-state index contributed by atoms with van der Waals surface area (Å²) in [6.45, 7) is 0.281. The number of benzene rings is 2. The van der Waals surface area contributed by atoms with Crippen LogP contribution in [-0.2, 0) is 4.74 Å². The molecule has 2 heterocycles. The lowest BCUT2D eigenvalue weighted by Crippen LogP contribution is -2.39. The van der Waals surface area contributed by atoms with Crippen molar-refractivity contribution in [3.63, 3.8) is 0 Å². The molecule has 0 saturated heterocycles. The maximum Gasteiger partial charge on any atom is 0.246 e. The lowest BCUT2D eigenvalue weighted by molar-refractivity contribution is 0.299. The summed E-state index contributed by atoms with van der Waals surface area (Å²) in [5, 5.41) is 0. The Balaban J connectivity index is 1.73. The van der Waals surface area contributed by atoms with Crippen LogP contribution in [0.2, 0.25) is 0 Å². The molecule has 2 aromatic carbocycles. The molecule has 2 N–H and O–H groups in total. The molecule has 108 valence electrons. The molecule has 2 aliphatic rings. The summed E-state index contributed by atoms with van der Waals surface area (Å²) in [5.41, 5.74) is 7.01. The Labute approximate surface area is 127 Å². The first kappa shape index (κ1) is 12.8. The highest BCUT2D eigenvalue weighted by Crippen LogP contribution is 2.28. The zero-order valence-corrected chi connectivity index (χ0v) is 11.8. The van der Waals surface area contributed by atoms with E-state index in [1.165, 1.54) is 0 Å². The van der Waals surface area contributed by atoms with E-state index in [1.54, 1.807) is 0 Å². The second-order valence-electron chi connectivity index (χ2n) is 5.19. The molecule has 0 bridgehead atoms. The fourth-order valence-electron chi connectivity index (χ4n) is 2.50. The minimum atomic E-state index is -0.920. The monoisotopic (exact) mass is 290 g/mol. The lowest BCUT2D eigenvalue weighted by atomic mass is 10.2. The first-order valence-electron chi connectivity index (χ1n) is 7.05. The maximum absolute atomic E-state index is 6.09. The van der Waals surface area contributed by atoms with Crippen molar-refractivity contribution in [2.75, 3.05) is 6.61 Å². The molecule has 1 spiro atoms. The molecule has 0 aromatic heterocycles. The van der Waals surface area contributed by atoms with Crippen LogP contribution < -0.4 is 5.73 Å².